The van der Waals surface area contributed by atoms with Gasteiger partial charge in [-0.25, -0.2) is 19.0 Å². The van der Waals surface area contributed by atoms with Gasteiger partial charge in [0.25, 0.3) is 0 Å². The lowest BCUT2D eigenvalue weighted by Gasteiger charge is -2.35. The normalized spacial score (nSPS) is 32.5. The summed E-state index contributed by atoms with van der Waals surface area (Å²) in [5.41, 5.74) is 4.10. The first-order valence-electron chi connectivity index (χ1n) is 10.4. The van der Waals surface area contributed by atoms with Crippen molar-refractivity contribution < 1.29 is 37.0 Å². The van der Waals surface area contributed by atoms with Crippen LogP contribution in [0.15, 0.2) is 6.33 Å². The Hall–Kier alpha value is -2.38. The lowest BCUT2D eigenvalue weighted by atomic mass is 9.98. The number of aromatic nitrogens is 4. The summed E-state index contributed by atoms with van der Waals surface area (Å²) in [7, 11) is -4.03. The summed E-state index contributed by atoms with van der Waals surface area (Å²) in [6, 6.07) is -0.995. The Balaban J connectivity index is 1.60. The van der Waals surface area contributed by atoms with E-state index >= 15 is 4.39 Å². The molecular weight excluding hydrogens is 462 g/mol. The Morgan fingerprint density at radius 1 is 1.45 bits per heavy atom. The van der Waals surface area contributed by atoms with E-state index in [0.717, 1.165) is 0 Å². The second-order valence-electron chi connectivity index (χ2n) is 7.74. The minimum absolute atomic E-state index is 0.0788. The topological polar surface area (TPSA) is 162 Å². The monoisotopic (exact) mass is 488 g/mol. The highest BCUT2D eigenvalue weighted by molar-refractivity contribution is 7.51. The minimum Gasteiger partial charge on any atom is -0.476 e. The summed E-state index contributed by atoms with van der Waals surface area (Å²) in [6.07, 6.45) is -2.07. The number of carbonyl (C=O) groups is 1. The van der Waals surface area contributed by atoms with Crippen LogP contribution in [-0.2, 0) is 27.9 Å². The maximum atomic E-state index is 16.1. The Labute approximate surface area is 188 Å². The van der Waals surface area contributed by atoms with Crippen LogP contribution in [0.2, 0.25) is 0 Å². The second-order valence-corrected chi connectivity index (χ2v) is 9.47. The van der Waals surface area contributed by atoms with Crippen LogP contribution in [0.25, 0.3) is 11.2 Å². The number of hydrogen-bond donors (Lipinski definition) is 2. The van der Waals surface area contributed by atoms with E-state index in [1.54, 1.807) is 13.8 Å². The highest BCUT2D eigenvalue weighted by Crippen LogP contribution is 2.57. The first kappa shape index (κ1) is 23.8. The SMILES string of the molecule is CCOC(=O)[C@H](C)NP1(=O)OC[C@H]2O[C@@H](n3cnc4c(OCC)nc(N)nc43)[C@](C)(F)[C@@H]2O1. The average molecular weight is 488 g/mol. The molecule has 0 aliphatic carbocycles. The Morgan fingerprint density at radius 2 is 2.21 bits per heavy atom. The molecule has 2 aliphatic rings. The van der Waals surface area contributed by atoms with Gasteiger partial charge >= 0.3 is 13.7 Å². The summed E-state index contributed by atoms with van der Waals surface area (Å²) < 4.78 is 57.6. The molecule has 6 atom stereocenters. The zero-order valence-corrected chi connectivity index (χ0v) is 19.5. The first-order valence-corrected chi connectivity index (χ1v) is 12.0. The van der Waals surface area contributed by atoms with Gasteiger partial charge in [-0.15, -0.1) is 0 Å². The van der Waals surface area contributed by atoms with Crippen molar-refractivity contribution in [1.29, 1.82) is 0 Å². The van der Waals surface area contributed by atoms with E-state index in [4.69, 9.17) is 29.0 Å². The number of nitrogens with two attached hydrogens (primary N) is 1. The number of anilines is 1. The minimum atomic E-state index is -4.03. The number of esters is 1. The lowest BCUT2D eigenvalue weighted by Crippen LogP contribution is -2.47. The molecule has 0 bridgehead atoms. The van der Waals surface area contributed by atoms with Crippen LogP contribution in [0, 0.1) is 0 Å². The molecule has 4 rings (SSSR count). The van der Waals surface area contributed by atoms with E-state index < -0.39 is 43.9 Å². The van der Waals surface area contributed by atoms with Gasteiger partial charge in [0.2, 0.25) is 11.8 Å². The van der Waals surface area contributed by atoms with Crippen molar-refractivity contribution in [3.63, 3.8) is 0 Å². The number of nitrogen functional groups attached to an aromatic ring is 1. The van der Waals surface area contributed by atoms with Crippen molar-refractivity contribution >= 4 is 30.8 Å². The predicted molar refractivity (Wildman–Crippen MR) is 112 cm³/mol. The maximum Gasteiger partial charge on any atom is 0.406 e. The molecule has 15 heteroatoms. The fourth-order valence-corrected chi connectivity index (χ4v) is 5.56. The molecular formula is C18H26FN6O7P. The van der Waals surface area contributed by atoms with E-state index in [1.807, 2.05) is 0 Å². The number of alkyl halides is 1. The molecule has 182 valence electrons. The first-order chi connectivity index (χ1) is 15.6. The molecule has 33 heavy (non-hydrogen) atoms. The molecule has 0 radical (unpaired) electrons. The van der Waals surface area contributed by atoms with Gasteiger partial charge in [-0.3, -0.25) is 18.4 Å². The molecule has 2 fully saturated rings. The highest BCUT2D eigenvalue weighted by atomic mass is 31.2. The number of rotatable bonds is 7. The molecule has 2 aromatic rings. The van der Waals surface area contributed by atoms with Gasteiger partial charge in [-0.2, -0.15) is 9.97 Å². The number of nitrogens with one attached hydrogen (secondary N) is 1. The lowest BCUT2D eigenvalue weighted by molar-refractivity contribution is -0.145. The predicted octanol–water partition coefficient (Wildman–Crippen LogP) is 1.50. The average Bonchev–Trinajstić information content (AvgIpc) is 3.26. The fraction of sp³-hybridized carbons (Fsp3) is 0.667. The van der Waals surface area contributed by atoms with Gasteiger partial charge in [0, 0.05) is 0 Å². The molecule has 4 heterocycles. The van der Waals surface area contributed by atoms with Crippen LogP contribution >= 0.6 is 7.75 Å². The van der Waals surface area contributed by atoms with Gasteiger partial charge in [0.15, 0.2) is 23.1 Å². The van der Waals surface area contributed by atoms with Crippen molar-refractivity contribution in [2.45, 2.75) is 57.8 Å². The van der Waals surface area contributed by atoms with Gasteiger partial charge in [-0.1, -0.05) is 0 Å². The molecule has 2 aliphatic heterocycles. The van der Waals surface area contributed by atoms with E-state index in [2.05, 4.69) is 20.0 Å². The van der Waals surface area contributed by atoms with Crippen LogP contribution in [0.4, 0.5) is 10.3 Å². The number of fused-ring (bicyclic) bond motifs is 2. The van der Waals surface area contributed by atoms with Crippen molar-refractivity contribution in [1.82, 2.24) is 24.6 Å². The number of halogens is 1. The summed E-state index contributed by atoms with van der Waals surface area (Å²) >= 11 is 0. The summed E-state index contributed by atoms with van der Waals surface area (Å²) in [6.45, 7) is 6.36. The number of imidazole rings is 1. The maximum absolute atomic E-state index is 16.1. The Kier molecular flexibility index (Phi) is 6.31. The van der Waals surface area contributed by atoms with Crippen molar-refractivity contribution in [3.8, 4) is 5.88 Å². The van der Waals surface area contributed by atoms with Crippen LogP contribution in [0.1, 0.15) is 33.9 Å². The Morgan fingerprint density at radius 3 is 2.91 bits per heavy atom. The third-order valence-electron chi connectivity index (χ3n) is 5.27. The van der Waals surface area contributed by atoms with E-state index in [9.17, 15) is 9.36 Å². The van der Waals surface area contributed by atoms with Crippen LogP contribution in [0.5, 0.6) is 5.88 Å². The van der Waals surface area contributed by atoms with E-state index in [1.165, 1.54) is 24.7 Å². The number of hydrogen-bond acceptors (Lipinski definition) is 11. The van der Waals surface area contributed by atoms with Crippen LogP contribution < -0.4 is 15.6 Å². The molecule has 0 aromatic carbocycles. The highest BCUT2D eigenvalue weighted by Gasteiger charge is 2.61. The quantitative estimate of drug-likeness (QED) is 0.427. The van der Waals surface area contributed by atoms with E-state index in [-0.39, 0.29) is 36.2 Å². The van der Waals surface area contributed by atoms with Crippen molar-refractivity contribution in [2.75, 3.05) is 25.6 Å². The standard InChI is InChI=1S/C18H26FN6O7P/c1-5-28-14-11-13(22-17(20)23-14)25(8-21-11)16-18(4,19)12-10(31-16)7-30-33(27,32-12)24-9(3)15(26)29-6-2/h8-10,12,16H,5-7H2,1-4H3,(H,24,27)(H2,20,22,23)/t9-,10+,12+,16+,18+,33?/m0/s1. The van der Waals surface area contributed by atoms with Crippen LogP contribution in [0.3, 0.4) is 0 Å². The zero-order chi connectivity index (χ0) is 24.0. The number of nitrogens with zero attached hydrogens (tertiary/aromatic N) is 4. The largest absolute Gasteiger partial charge is 0.476 e. The van der Waals surface area contributed by atoms with Crippen molar-refractivity contribution in [3.05, 3.63) is 6.33 Å². The van der Waals surface area contributed by atoms with Gasteiger partial charge in [0.05, 0.1) is 26.1 Å². The third-order valence-corrected chi connectivity index (χ3v) is 6.97. The molecule has 0 saturated carbocycles. The second kappa shape index (κ2) is 8.76. The summed E-state index contributed by atoms with van der Waals surface area (Å²) in [5, 5.41) is 2.48. The van der Waals surface area contributed by atoms with Gasteiger partial charge in [0.1, 0.15) is 18.2 Å². The number of ether oxygens (including phenoxy) is 3. The summed E-state index contributed by atoms with van der Waals surface area (Å²) in [4.78, 5) is 24.3. The third kappa shape index (κ3) is 4.28. The zero-order valence-electron chi connectivity index (χ0n) is 18.6. The summed E-state index contributed by atoms with van der Waals surface area (Å²) in [5.74, 6) is -0.557. The van der Waals surface area contributed by atoms with Crippen molar-refractivity contribution in [2.24, 2.45) is 0 Å². The fourth-order valence-electron chi connectivity index (χ4n) is 3.80. The molecule has 13 nitrogen and oxygen atoms in total. The molecule has 2 saturated heterocycles. The van der Waals surface area contributed by atoms with E-state index in [0.29, 0.717) is 6.61 Å². The molecule has 1 unspecified atom stereocenters. The van der Waals surface area contributed by atoms with Gasteiger partial charge < -0.3 is 19.9 Å². The molecule has 0 spiro atoms. The molecule has 3 N–H and O–H groups in total. The smallest absolute Gasteiger partial charge is 0.406 e. The van der Waals surface area contributed by atoms with Gasteiger partial charge in [-0.05, 0) is 27.7 Å². The Bertz CT molecular complexity index is 1100. The van der Waals surface area contributed by atoms with Crippen LogP contribution in [-0.4, -0.2) is 69.2 Å². The number of carbonyl (C=O) groups excluding carboxylic acids is 1. The molecule has 2 aromatic heterocycles. The molecule has 0 amide bonds.